The van der Waals surface area contributed by atoms with Crippen LogP contribution in [0.5, 0.6) is 0 Å². The number of carbonyl (C=O) groups is 1. The number of benzene rings is 1. The number of nitrogens with one attached hydrogen (secondary N) is 2. The topological polar surface area (TPSA) is 41.1 Å². The van der Waals surface area contributed by atoms with E-state index < -0.39 is 0 Å². The second kappa shape index (κ2) is 4.97. The molecule has 4 heteroatoms. The molecule has 0 bridgehead atoms. The third-order valence-electron chi connectivity index (χ3n) is 2.57. The summed E-state index contributed by atoms with van der Waals surface area (Å²) < 4.78 is 1.01. The van der Waals surface area contributed by atoms with Crippen LogP contribution in [0.1, 0.15) is 19.8 Å². The van der Waals surface area contributed by atoms with Gasteiger partial charge < -0.3 is 10.6 Å². The Bertz CT molecular complexity index is 373. The summed E-state index contributed by atoms with van der Waals surface area (Å²) in [6.07, 6.45) is 2.38. The van der Waals surface area contributed by atoms with Gasteiger partial charge in [0.25, 0.3) is 0 Å². The maximum absolute atomic E-state index is 11.8. The van der Waals surface area contributed by atoms with Crippen LogP contribution < -0.4 is 10.6 Å². The maximum atomic E-state index is 11.8. The lowest BCUT2D eigenvalue weighted by atomic mass is 10.2. The number of hydrogen-bond donors (Lipinski definition) is 2. The smallest absolute Gasteiger partial charge is 0.241 e. The molecule has 86 valence electrons. The Morgan fingerprint density at radius 1 is 1.38 bits per heavy atom. The van der Waals surface area contributed by atoms with Crippen LogP contribution in [0.25, 0.3) is 0 Å². The second-order valence-electron chi connectivity index (χ2n) is 4.16. The van der Waals surface area contributed by atoms with E-state index in [0.717, 1.165) is 10.2 Å². The molecule has 1 atom stereocenters. The number of carbonyl (C=O) groups excluding carboxylic acids is 1. The van der Waals surface area contributed by atoms with Crippen LogP contribution in [0.15, 0.2) is 28.7 Å². The van der Waals surface area contributed by atoms with Gasteiger partial charge in [0.2, 0.25) is 5.91 Å². The summed E-state index contributed by atoms with van der Waals surface area (Å²) in [5.41, 5.74) is 0.831. The summed E-state index contributed by atoms with van der Waals surface area (Å²) in [5.74, 6) is 0.0224. The molecule has 2 N–H and O–H groups in total. The van der Waals surface area contributed by atoms with Gasteiger partial charge in [0.1, 0.15) is 0 Å². The van der Waals surface area contributed by atoms with Gasteiger partial charge in [-0.05, 0) is 44.0 Å². The molecule has 0 spiro atoms. The molecule has 16 heavy (non-hydrogen) atoms. The van der Waals surface area contributed by atoms with Crippen molar-refractivity contribution in [2.45, 2.75) is 31.8 Å². The van der Waals surface area contributed by atoms with Crippen LogP contribution in [0.3, 0.4) is 0 Å². The van der Waals surface area contributed by atoms with E-state index in [-0.39, 0.29) is 11.9 Å². The van der Waals surface area contributed by atoms with Gasteiger partial charge in [-0.3, -0.25) is 4.79 Å². The van der Waals surface area contributed by atoms with Gasteiger partial charge in [0.15, 0.2) is 0 Å². The largest absolute Gasteiger partial charge is 0.325 e. The Kier molecular flexibility index (Phi) is 3.61. The lowest BCUT2D eigenvalue weighted by molar-refractivity contribution is -0.117. The van der Waals surface area contributed by atoms with E-state index in [1.807, 2.05) is 31.2 Å². The number of hydrogen-bond acceptors (Lipinski definition) is 2. The molecule has 1 aromatic rings. The van der Waals surface area contributed by atoms with E-state index in [9.17, 15) is 4.79 Å². The molecule has 0 aromatic heterocycles. The Morgan fingerprint density at radius 2 is 2.00 bits per heavy atom. The zero-order valence-corrected chi connectivity index (χ0v) is 10.8. The molecule has 2 rings (SSSR count). The van der Waals surface area contributed by atoms with E-state index in [0.29, 0.717) is 6.04 Å². The van der Waals surface area contributed by atoms with E-state index in [4.69, 9.17) is 0 Å². The summed E-state index contributed by atoms with van der Waals surface area (Å²) in [5, 5.41) is 6.14. The molecule has 3 nitrogen and oxygen atoms in total. The van der Waals surface area contributed by atoms with Gasteiger partial charge in [-0.25, -0.2) is 0 Å². The fraction of sp³-hybridized carbons (Fsp3) is 0.417. The van der Waals surface area contributed by atoms with Crippen molar-refractivity contribution in [2.24, 2.45) is 0 Å². The highest BCUT2D eigenvalue weighted by atomic mass is 79.9. The minimum atomic E-state index is -0.129. The van der Waals surface area contributed by atoms with E-state index >= 15 is 0 Å². The zero-order chi connectivity index (χ0) is 11.5. The Morgan fingerprint density at radius 3 is 2.56 bits per heavy atom. The summed E-state index contributed by atoms with van der Waals surface area (Å²) in [7, 11) is 0. The summed E-state index contributed by atoms with van der Waals surface area (Å²) >= 11 is 3.36. The van der Waals surface area contributed by atoms with Crippen molar-refractivity contribution >= 4 is 27.5 Å². The number of halogens is 1. The first-order valence-electron chi connectivity index (χ1n) is 5.47. The first-order chi connectivity index (χ1) is 7.65. The number of rotatable bonds is 4. The Labute approximate surface area is 104 Å². The van der Waals surface area contributed by atoms with Gasteiger partial charge >= 0.3 is 0 Å². The average Bonchev–Trinajstić information content (AvgIpc) is 3.05. The fourth-order valence-corrected chi connectivity index (χ4v) is 1.73. The third-order valence-corrected chi connectivity index (χ3v) is 3.10. The van der Waals surface area contributed by atoms with Gasteiger partial charge in [-0.1, -0.05) is 15.9 Å². The van der Waals surface area contributed by atoms with Crippen molar-refractivity contribution in [3.8, 4) is 0 Å². The summed E-state index contributed by atoms with van der Waals surface area (Å²) in [4.78, 5) is 11.8. The lowest BCUT2D eigenvalue weighted by Crippen LogP contribution is -2.39. The van der Waals surface area contributed by atoms with Crippen LogP contribution >= 0.6 is 15.9 Å². The minimum absolute atomic E-state index is 0.0224. The van der Waals surface area contributed by atoms with Crippen LogP contribution in [-0.4, -0.2) is 18.0 Å². The minimum Gasteiger partial charge on any atom is -0.325 e. The molecule has 1 aliphatic carbocycles. The standard InChI is InChI=1S/C12H15BrN2O/c1-8(14-10-6-7-10)12(16)15-11-4-2-9(13)3-5-11/h2-5,8,10,14H,6-7H2,1H3,(H,15,16). The molecule has 1 unspecified atom stereocenters. The second-order valence-corrected chi connectivity index (χ2v) is 5.07. The molecule has 1 aromatic carbocycles. The highest BCUT2D eigenvalue weighted by Gasteiger charge is 2.25. The highest BCUT2D eigenvalue weighted by Crippen LogP contribution is 2.19. The average molecular weight is 283 g/mol. The van der Waals surface area contributed by atoms with Crippen LogP contribution in [0, 0.1) is 0 Å². The molecule has 1 fully saturated rings. The van der Waals surface area contributed by atoms with Crippen LogP contribution in [0.2, 0.25) is 0 Å². The number of amides is 1. The van der Waals surface area contributed by atoms with Crippen LogP contribution in [0.4, 0.5) is 5.69 Å². The molecule has 0 heterocycles. The predicted molar refractivity (Wildman–Crippen MR) is 68.4 cm³/mol. The normalized spacial score (nSPS) is 16.9. The molecule has 1 saturated carbocycles. The van der Waals surface area contributed by atoms with E-state index in [2.05, 4.69) is 26.6 Å². The van der Waals surface area contributed by atoms with Crippen molar-refractivity contribution in [1.29, 1.82) is 0 Å². The third kappa shape index (κ3) is 3.32. The van der Waals surface area contributed by atoms with E-state index in [1.54, 1.807) is 0 Å². The molecule has 0 radical (unpaired) electrons. The summed E-state index contributed by atoms with van der Waals surface area (Å²) in [6.45, 7) is 1.90. The predicted octanol–water partition coefficient (Wildman–Crippen LogP) is 2.53. The molecule has 1 aliphatic rings. The quantitative estimate of drug-likeness (QED) is 0.891. The Hall–Kier alpha value is -0.870. The van der Waals surface area contributed by atoms with Gasteiger partial charge in [0.05, 0.1) is 6.04 Å². The van der Waals surface area contributed by atoms with Crippen molar-refractivity contribution in [3.05, 3.63) is 28.7 Å². The van der Waals surface area contributed by atoms with Crippen molar-refractivity contribution in [2.75, 3.05) is 5.32 Å². The SMILES string of the molecule is CC(NC1CC1)C(=O)Nc1ccc(Br)cc1. The highest BCUT2D eigenvalue weighted by molar-refractivity contribution is 9.10. The van der Waals surface area contributed by atoms with Gasteiger partial charge in [-0.2, -0.15) is 0 Å². The van der Waals surface area contributed by atoms with Crippen molar-refractivity contribution < 1.29 is 4.79 Å². The monoisotopic (exact) mass is 282 g/mol. The lowest BCUT2D eigenvalue weighted by Gasteiger charge is -2.13. The van der Waals surface area contributed by atoms with Crippen molar-refractivity contribution in [3.63, 3.8) is 0 Å². The maximum Gasteiger partial charge on any atom is 0.241 e. The van der Waals surface area contributed by atoms with Crippen LogP contribution in [-0.2, 0) is 4.79 Å². The molecule has 1 amide bonds. The molecular formula is C12H15BrN2O. The molecule has 0 saturated heterocycles. The number of anilines is 1. The van der Waals surface area contributed by atoms with Gasteiger partial charge in [0, 0.05) is 16.2 Å². The Balaban J connectivity index is 1.87. The van der Waals surface area contributed by atoms with Crippen molar-refractivity contribution in [1.82, 2.24) is 5.32 Å². The van der Waals surface area contributed by atoms with E-state index in [1.165, 1.54) is 12.8 Å². The van der Waals surface area contributed by atoms with Gasteiger partial charge in [-0.15, -0.1) is 0 Å². The molecular weight excluding hydrogens is 268 g/mol. The first-order valence-corrected chi connectivity index (χ1v) is 6.27. The fourth-order valence-electron chi connectivity index (χ4n) is 1.46. The summed E-state index contributed by atoms with van der Waals surface area (Å²) in [6, 6.07) is 8.00. The first kappa shape index (κ1) is 11.6. The molecule has 0 aliphatic heterocycles. The zero-order valence-electron chi connectivity index (χ0n) is 9.16.